The van der Waals surface area contributed by atoms with Gasteiger partial charge in [-0.3, -0.25) is 14.6 Å². The molecular formula is C27H33ClN4O4S2. The van der Waals surface area contributed by atoms with E-state index in [-0.39, 0.29) is 10.8 Å². The zero-order valence-corrected chi connectivity index (χ0v) is 23.9. The second-order valence-electron chi connectivity index (χ2n) is 9.68. The monoisotopic (exact) mass is 576 g/mol. The number of carbonyl (C=O) groups is 1. The summed E-state index contributed by atoms with van der Waals surface area (Å²) in [7, 11) is -3.85. The zero-order valence-electron chi connectivity index (χ0n) is 21.5. The predicted octanol–water partition coefficient (Wildman–Crippen LogP) is 4.42. The second kappa shape index (κ2) is 12.0. The van der Waals surface area contributed by atoms with Crippen LogP contribution in [0.1, 0.15) is 31.7 Å². The lowest BCUT2D eigenvalue weighted by Gasteiger charge is -2.30. The Labute approximate surface area is 233 Å². The fourth-order valence-corrected chi connectivity index (χ4v) is 7.90. The Hall–Kier alpha value is -2.08. The summed E-state index contributed by atoms with van der Waals surface area (Å²) in [6.07, 6.45) is 2.80. The third kappa shape index (κ3) is 5.90. The first-order valence-corrected chi connectivity index (χ1v) is 15.8. The predicted molar refractivity (Wildman–Crippen MR) is 152 cm³/mol. The van der Waals surface area contributed by atoms with Crippen LogP contribution >= 0.6 is 22.9 Å². The van der Waals surface area contributed by atoms with Gasteiger partial charge < -0.3 is 4.74 Å². The maximum Gasteiger partial charge on any atom is 0.247 e. The highest BCUT2D eigenvalue weighted by atomic mass is 35.5. The maximum atomic E-state index is 14.1. The molecule has 5 rings (SSSR count). The van der Waals surface area contributed by atoms with Crippen LogP contribution in [0.4, 0.5) is 5.13 Å². The summed E-state index contributed by atoms with van der Waals surface area (Å²) in [5.41, 5.74) is 2.07. The van der Waals surface area contributed by atoms with E-state index in [1.54, 1.807) is 17.0 Å². The Morgan fingerprint density at radius 1 is 1.16 bits per heavy atom. The number of amides is 1. The van der Waals surface area contributed by atoms with Crippen LogP contribution in [0.25, 0.3) is 10.2 Å². The van der Waals surface area contributed by atoms with Crippen LogP contribution < -0.4 is 4.90 Å². The van der Waals surface area contributed by atoms with E-state index in [2.05, 4.69) is 24.0 Å². The van der Waals surface area contributed by atoms with Gasteiger partial charge in [0.1, 0.15) is 6.04 Å². The number of carbonyl (C=O) groups excluding carboxylic acids is 1. The van der Waals surface area contributed by atoms with Crippen LogP contribution in [0.15, 0.2) is 47.4 Å². The molecule has 8 nitrogen and oxygen atoms in total. The molecule has 1 aromatic heterocycles. The highest BCUT2D eigenvalue weighted by Gasteiger charge is 2.42. The Morgan fingerprint density at radius 3 is 2.66 bits per heavy atom. The third-order valence-electron chi connectivity index (χ3n) is 7.22. The molecule has 38 heavy (non-hydrogen) atoms. The number of anilines is 1. The van der Waals surface area contributed by atoms with Gasteiger partial charge in [0.25, 0.3) is 0 Å². The fourth-order valence-electron chi connectivity index (χ4n) is 5.07. The van der Waals surface area contributed by atoms with Gasteiger partial charge in [-0.05, 0) is 67.6 Å². The van der Waals surface area contributed by atoms with Crippen LogP contribution in [0.5, 0.6) is 0 Å². The number of halogens is 1. The number of morpholine rings is 1. The molecule has 3 aromatic rings. The first-order valence-electron chi connectivity index (χ1n) is 13.1. The number of aromatic nitrogens is 1. The van der Waals surface area contributed by atoms with Gasteiger partial charge in [-0.1, -0.05) is 35.9 Å². The second-order valence-corrected chi connectivity index (χ2v) is 13.0. The highest BCUT2D eigenvalue weighted by Crippen LogP contribution is 2.33. The number of fused-ring (bicyclic) bond motifs is 1. The number of benzene rings is 2. The fraction of sp³-hybridized carbons (Fsp3) is 0.481. The molecule has 1 atom stereocenters. The van der Waals surface area contributed by atoms with Gasteiger partial charge in [-0.2, -0.15) is 4.31 Å². The Balaban J connectivity index is 1.42. The molecule has 2 aromatic carbocycles. The van der Waals surface area contributed by atoms with E-state index < -0.39 is 16.1 Å². The van der Waals surface area contributed by atoms with Crippen molar-refractivity contribution >= 4 is 54.2 Å². The van der Waals surface area contributed by atoms with Crippen LogP contribution in [-0.2, 0) is 26.0 Å². The number of nitrogens with zero attached hydrogens (tertiary/aromatic N) is 4. The molecule has 0 bridgehead atoms. The quantitative estimate of drug-likeness (QED) is 0.375. The van der Waals surface area contributed by atoms with Gasteiger partial charge in [0, 0.05) is 37.7 Å². The van der Waals surface area contributed by atoms with Crippen LogP contribution in [0.2, 0.25) is 5.02 Å². The molecule has 0 aliphatic carbocycles. The van der Waals surface area contributed by atoms with Crippen LogP contribution in [0.3, 0.4) is 0 Å². The van der Waals surface area contributed by atoms with E-state index in [1.807, 2.05) is 6.07 Å². The SMILES string of the molecule is CCc1ccc2nc(N(CCCN3CCOCC3)C(=O)C3CCCN3S(=O)(=O)c3ccc(Cl)cc3)sc2c1. The van der Waals surface area contributed by atoms with Crippen LogP contribution in [-0.4, -0.2) is 80.5 Å². The average Bonchev–Trinajstić information content (AvgIpc) is 3.59. The van der Waals surface area contributed by atoms with Crippen molar-refractivity contribution < 1.29 is 17.9 Å². The normalized spacial score (nSPS) is 19.3. The molecular weight excluding hydrogens is 544 g/mol. The Morgan fingerprint density at radius 2 is 1.92 bits per heavy atom. The molecule has 2 aliphatic rings. The minimum Gasteiger partial charge on any atom is -0.379 e. The molecule has 2 fully saturated rings. The van der Waals surface area contributed by atoms with E-state index in [1.165, 1.54) is 33.3 Å². The van der Waals surface area contributed by atoms with E-state index in [4.69, 9.17) is 21.3 Å². The van der Waals surface area contributed by atoms with Crippen molar-refractivity contribution in [1.82, 2.24) is 14.2 Å². The van der Waals surface area contributed by atoms with Crippen molar-refractivity contribution in [3.05, 3.63) is 53.1 Å². The first kappa shape index (κ1) is 27.5. The molecule has 2 saturated heterocycles. The lowest BCUT2D eigenvalue weighted by atomic mass is 10.2. The maximum absolute atomic E-state index is 14.1. The van der Waals surface area contributed by atoms with E-state index in [9.17, 15) is 13.2 Å². The van der Waals surface area contributed by atoms with E-state index >= 15 is 0 Å². The highest BCUT2D eigenvalue weighted by molar-refractivity contribution is 7.89. The molecule has 11 heteroatoms. The number of hydrogen-bond acceptors (Lipinski definition) is 7. The summed E-state index contributed by atoms with van der Waals surface area (Å²) in [4.78, 5) is 23.1. The third-order valence-corrected chi connectivity index (χ3v) is 10.4. The van der Waals surface area contributed by atoms with Gasteiger partial charge in [0.05, 0.1) is 28.3 Å². The Kier molecular flexibility index (Phi) is 8.66. The smallest absolute Gasteiger partial charge is 0.247 e. The standard InChI is InChI=1S/C27H33ClN4O4S2/c1-2-20-6-11-23-25(19-20)37-27(29-23)31(13-4-12-30-15-17-36-18-16-30)26(33)24-5-3-14-32(24)38(34,35)22-9-7-21(28)8-10-22/h6-11,19,24H,2-5,12-18H2,1H3. The number of rotatable bonds is 9. The molecule has 2 aliphatic heterocycles. The molecule has 0 radical (unpaired) electrons. The summed E-state index contributed by atoms with van der Waals surface area (Å²) in [5.74, 6) is -0.211. The first-order chi connectivity index (χ1) is 18.4. The van der Waals surface area contributed by atoms with Crippen molar-refractivity contribution in [1.29, 1.82) is 0 Å². The number of thiazole rings is 1. The van der Waals surface area contributed by atoms with Crippen molar-refractivity contribution in [2.24, 2.45) is 0 Å². The van der Waals surface area contributed by atoms with Gasteiger partial charge in [0.2, 0.25) is 15.9 Å². The summed E-state index contributed by atoms with van der Waals surface area (Å²) in [6.45, 7) is 6.94. The molecule has 0 saturated carbocycles. The average molecular weight is 577 g/mol. The van der Waals surface area contributed by atoms with E-state index in [0.717, 1.165) is 55.9 Å². The van der Waals surface area contributed by atoms with E-state index in [0.29, 0.717) is 36.1 Å². The van der Waals surface area contributed by atoms with Gasteiger partial charge >= 0.3 is 0 Å². The topological polar surface area (TPSA) is 83.1 Å². The minimum absolute atomic E-state index is 0.146. The van der Waals surface area contributed by atoms with Gasteiger partial charge in [-0.15, -0.1) is 0 Å². The Bertz CT molecular complexity index is 1370. The minimum atomic E-state index is -3.85. The number of ether oxygens (including phenoxy) is 1. The number of hydrogen-bond donors (Lipinski definition) is 0. The molecule has 0 N–H and O–H groups in total. The summed E-state index contributed by atoms with van der Waals surface area (Å²) >= 11 is 7.47. The number of aryl methyl sites for hydroxylation is 1. The summed E-state index contributed by atoms with van der Waals surface area (Å²) in [5, 5.41) is 1.09. The molecule has 1 amide bonds. The number of sulfonamides is 1. The largest absolute Gasteiger partial charge is 0.379 e. The van der Waals surface area contributed by atoms with Crippen molar-refractivity contribution in [3.8, 4) is 0 Å². The van der Waals surface area contributed by atoms with Gasteiger partial charge in [0.15, 0.2) is 5.13 Å². The lowest BCUT2D eigenvalue weighted by Crippen LogP contribution is -2.48. The van der Waals surface area contributed by atoms with Gasteiger partial charge in [-0.25, -0.2) is 13.4 Å². The molecule has 1 unspecified atom stereocenters. The molecule has 204 valence electrons. The van der Waals surface area contributed by atoms with Crippen molar-refractivity contribution in [3.63, 3.8) is 0 Å². The van der Waals surface area contributed by atoms with Crippen molar-refractivity contribution in [2.75, 3.05) is 50.8 Å². The van der Waals surface area contributed by atoms with Crippen LogP contribution in [0, 0.1) is 0 Å². The molecule has 0 spiro atoms. The van der Waals surface area contributed by atoms with Crippen molar-refractivity contribution in [2.45, 2.75) is 43.5 Å². The molecule has 3 heterocycles. The zero-order chi connectivity index (χ0) is 26.7. The summed E-state index contributed by atoms with van der Waals surface area (Å²) in [6, 6.07) is 11.5. The lowest BCUT2D eigenvalue weighted by molar-refractivity contribution is -0.121. The summed E-state index contributed by atoms with van der Waals surface area (Å²) < 4.78 is 34.9.